The van der Waals surface area contributed by atoms with Crippen LogP contribution in [0.5, 0.6) is 0 Å². The van der Waals surface area contributed by atoms with E-state index in [-0.39, 0.29) is 43.2 Å². The van der Waals surface area contributed by atoms with Gasteiger partial charge in [0.25, 0.3) is 11.6 Å². The van der Waals surface area contributed by atoms with Crippen molar-refractivity contribution in [3.05, 3.63) is 39.9 Å². The lowest BCUT2D eigenvalue weighted by Crippen LogP contribution is -2.34. The number of carbonyl (C=O) groups excluding carboxylic acids is 2. The second kappa shape index (κ2) is 11.2. The van der Waals surface area contributed by atoms with Gasteiger partial charge in [-0.2, -0.15) is 0 Å². The van der Waals surface area contributed by atoms with Crippen molar-refractivity contribution in [1.29, 1.82) is 0 Å². The molecule has 0 aliphatic rings. The number of ether oxygens (including phenoxy) is 2. The maximum Gasteiger partial charge on any atom is 0.307 e. The molecule has 144 valence electrons. The number of esters is 1. The molecule has 0 bridgehead atoms. The highest BCUT2D eigenvalue weighted by molar-refractivity contribution is 5.94. The molecule has 0 radical (unpaired) electrons. The van der Waals surface area contributed by atoms with E-state index in [1.807, 2.05) is 13.8 Å². The van der Waals surface area contributed by atoms with E-state index in [0.29, 0.717) is 25.1 Å². The second-order valence-corrected chi connectivity index (χ2v) is 5.92. The first-order chi connectivity index (χ1) is 12.3. The highest BCUT2D eigenvalue weighted by Crippen LogP contribution is 2.14. The molecule has 0 N–H and O–H groups in total. The Hall–Kier alpha value is -2.48. The molecule has 1 rings (SSSR count). The molecular weight excluding hydrogens is 340 g/mol. The summed E-state index contributed by atoms with van der Waals surface area (Å²) in [5.41, 5.74) is 0.259. The highest BCUT2D eigenvalue weighted by Gasteiger charge is 2.18. The van der Waals surface area contributed by atoms with Crippen LogP contribution in [0.4, 0.5) is 5.69 Å². The van der Waals surface area contributed by atoms with E-state index in [0.717, 1.165) is 0 Å². The largest absolute Gasteiger partial charge is 0.466 e. The van der Waals surface area contributed by atoms with E-state index < -0.39 is 4.92 Å². The summed E-state index contributed by atoms with van der Waals surface area (Å²) in [5, 5.41) is 10.7. The molecule has 26 heavy (non-hydrogen) atoms. The van der Waals surface area contributed by atoms with Gasteiger partial charge in [0.15, 0.2) is 0 Å². The Kier molecular flexibility index (Phi) is 9.29. The third kappa shape index (κ3) is 7.60. The van der Waals surface area contributed by atoms with Crippen LogP contribution in [-0.4, -0.2) is 54.1 Å². The number of rotatable bonds is 11. The molecule has 1 amide bonds. The number of non-ortho nitro benzene ring substituents is 1. The van der Waals surface area contributed by atoms with Gasteiger partial charge in [0.2, 0.25) is 0 Å². The Morgan fingerprint density at radius 1 is 1.19 bits per heavy atom. The Morgan fingerprint density at radius 2 is 1.85 bits per heavy atom. The molecular formula is C18H26N2O6. The Bertz CT molecular complexity index is 600. The average molecular weight is 366 g/mol. The molecule has 0 saturated heterocycles. The Labute approximate surface area is 153 Å². The van der Waals surface area contributed by atoms with Crippen molar-refractivity contribution in [3.8, 4) is 0 Å². The Balaban J connectivity index is 2.75. The van der Waals surface area contributed by atoms with Gasteiger partial charge in [-0.1, -0.05) is 0 Å². The highest BCUT2D eigenvalue weighted by atomic mass is 16.6. The average Bonchev–Trinajstić information content (AvgIpc) is 2.60. The zero-order chi connectivity index (χ0) is 19.5. The van der Waals surface area contributed by atoms with Crippen molar-refractivity contribution in [2.75, 3.05) is 26.3 Å². The fourth-order valence-corrected chi connectivity index (χ4v) is 2.26. The maximum absolute atomic E-state index is 12.7. The summed E-state index contributed by atoms with van der Waals surface area (Å²) in [7, 11) is 0. The summed E-state index contributed by atoms with van der Waals surface area (Å²) in [6.07, 6.45) is 0.825. The van der Waals surface area contributed by atoms with E-state index in [1.165, 1.54) is 24.3 Å². The van der Waals surface area contributed by atoms with Crippen LogP contribution in [0, 0.1) is 10.1 Å². The molecule has 0 fully saturated rings. The Morgan fingerprint density at radius 3 is 2.38 bits per heavy atom. The molecule has 0 atom stereocenters. The molecule has 0 spiro atoms. The van der Waals surface area contributed by atoms with Crippen molar-refractivity contribution < 1.29 is 24.0 Å². The lowest BCUT2D eigenvalue weighted by atomic mass is 10.1. The molecule has 0 aliphatic heterocycles. The molecule has 0 heterocycles. The van der Waals surface area contributed by atoms with Crippen LogP contribution in [0.3, 0.4) is 0 Å². The number of hydrogen-bond donors (Lipinski definition) is 0. The minimum atomic E-state index is -0.518. The normalized spacial score (nSPS) is 10.6. The summed E-state index contributed by atoms with van der Waals surface area (Å²) >= 11 is 0. The molecule has 0 aromatic heterocycles. The van der Waals surface area contributed by atoms with Crippen molar-refractivity contribution in [1.82, 2.24) is 4.90 Å². The van der Waals surface area contributed by atoms with Crippen LogP contribution in [0.2, 0.25) is 0 Å². The van der Waals surface area contributed by atoms with Crippen LogP contribution in [0.1, 0.15) is 44.0 Å². The minimum absolute atomic E-state index is 0.0787. The first-order valence-electron chi connectivity index (χ1n) is 8.66. The predicted molar refractivity (Wildman–Crippen MR) is 96.0 cm³/mol. The molecule has 1 aromatic rings. The van der Waals surface area contributed by atoms with Gasteiger partial charge in [-0.15, -0.1) is 0 Å². The van der Waals surface area contributed by atoms with Gasteiger partial charge in [-0.05, 0) is 39.3 Å². The van der Waals surface area contributed by atoms with Crippen LogP contribution >= 0.6 is 0 Å². The number of hydrogen-bond acceptors (Lipinski definition) is 6. The smallest absolute Gasteiger partial charge is 0.307 e. The second-order valence-electron chi connectivity index (χ2n) is 5.92. The van der Waals surface area contributed by atoms with Gasteiger partial charge in [-0.3, -0.25) is 19.7 Å². The number of nitro benzene ring substituents is 1. The maximum atomic E-state index is 12.7. The fraction of sp³-hybridized carbons (Fsp3) is 0.556. The summed E-state index contributed by atoms with van der Waals surface area (Å²) in [6.45, 7) is 7.01. The number of nitrogens with zero attached hydrogens (tertiary/aromatic N) is 2. The zero-order valence-corrected chi connectivity index (χ0v) is 15.5. The molecule has 8 nitrogen and oxygen atoms in total. The summed E-state index contributed by atoms with van der Waals surface area (Å²) in [4.78, 5) is 36.0. The van der Waals surface area contributed by atoms with Gasteiger partial charge in [-0.25, -0.2) is 0 Å². The third-order valence-corrected chi connectivity index (χ3v) is 3.53. The predicted octanol–water partition coefficient (Wildman–Crippen LogP) is 2.81. The zero-order valence-electron chi connectivity index (χ0n) is 15.5. The lowest BCUT2D eigenvalue weighted by molar-refractivity contribution is -0.384. The van der Waals surface area contributed by atoms with E-state index in [9.17, 15) is 19.7 Å². The van der Waals surface area contributed by atoms with E-state index in [4.69, 9.17) is 9.47 Å². The van der Waals surface area contributed by atoms with Gasteiger partial charge in [0.1, 0.15) is 0 Å². The van der Waals surface area contributed by atoms with Crippen molar-refractivity contribution in [2.24, 2.45) is 0 Å². The summed E-state index contributed by atoms with van der Waals surface area (Å²) < 4.78 is 10.4. The quantitative estimate of drug-likeness (QED) is 0.258. The molecule has 0 aliphatic carbocycles. The van der Waals surface area contributed by atoms with Gasteiger partial charge >= 0.3 is 5.97 Å². The van der Waals surface area contributed by atoms with Crippen molar-refractivity contribution in [3.63, 3.8) is 0 Å². The standard InChI is InChI=1S/C18H26N2O6/c1-4-25-17(21)10-12-19(11-5-13-26-14(2)3)18(22)15-6-8-16(9-7-15)20(23)24/h6-9,14H,4-5,10-13H2,1-3H3. The monoisotopic (exact) mass is 366 g/mol. The molecule has 0 unspecified atom stereocenters. The van der Waals surface area contributed by atoms with Gasteiger partial charge in [0.05, 0.1) is 24.1 Å². The first kappa shape index (κ1) is 21.6. The molecule has 1 aromatic carbocycles. The van der Waals surface area contributed by atoms with Crippen molar-refractivity contribution >= 4 is 17.6 Å². The number of nitro groups is 1. The van der Waals surface area contributed by atoms with Gasteiger partial charge < -0.3 is 14.4 Å². The lowest BCUT2D eigenvalue weighted by Gasteiger charge is -2.22. The fourth-order valence-electron chi connectivity index (χ4n) is 2.26. The number of amides is 1. The summed E-state index contributed by atoms with van der Waals surface area (Å²) in [6, 6.07) is 5.42. The minimum Gasteiger partial charge on any atom is -0.466 e. The van der Waals surface area contributed by atoms with E-state index >= 15 is 0 Å². The third-order valence-electron chi connectivity index (χ3n) is 3.53. The van der Waals surface area contributed by atoms with Crippen molar-refractivity contribution in [2.45, 2.75) is 39.7 Å². The molecule has 8 heteroatoms. The summed E-state index contributed by atoms with van der Waals surface area (Å²) in [5.74, 6) is -0.652. The van der Waals surface area contributed by atoms with Crippen LogP contribution in [0.25, 0.3) is 0 Å². The topological polar surface area (TPSA) is 99.0 Å². The van der Waals surface area contributed by atoms with Crippen LogP contribution in [0.15, 0.2) is 24.3 Å². The number of benzene rings is 1. The number of carbonyl (C=O) groups is 2. The van der Waals surface area contributed by atoms with Crippen LogP contribution in [-0.2, 0) is 14.3 Å². The van der Waals surface area contributed by atoms with E-state index in [2.05, 4.69) is 0 Å². The first-order valence-corrected chi connectivity index (χ1v) is 8.66. The van der Waals surface area contributed by atoms with Gasteiger partial charge in [0, 0.05) is 37.4 Å². The van der Waals surface area contributed by atoms with Crippen LogP contribution < -0.4 is 0 Å². The molecule has 0 saturated carbocycles. The SMILES string of the molecule is CCOC(=O)CCN(CCCOC(C)C)C(=O)c1ccc([N+](=O)[O-])cc1. The van der Waals surface area contributed by atoms with E-state index in [1.54, 1.807) is 11.8 Å².